The number of ether oxygens (including phenoxy) is 1. The van der Waals surface area contributed by atoms with Crippen molar-refractivity contribution in [3.8, 4) is 5.75 Å². The maximum absolute atomic E-state index is 10.5. The Balaban J connectivity index is 2.22. The Labute approximate surface area is 109 Å². The molecule has 0 bridgehead atoms. The highest BCUT2D eigenvalue weighted by Gasteiger charge is 2.34. The normalized spacial score (nSPS) is 24.5. The number of hydrogen-bond donors (Lipinski definition) is 1. The monoisotopic (exact) mass is 249 g/mol. The number of likely N-dealkylation sites (N-methyl/N-ethyl adjacent to an activating group) is 1. The van der Waals surface area contributed by atoms with Gasteiger partial charge in [-0.05, 0) is 26.0 Å². The van der Waals surface area contributed by atoms with Crippen LogP contribution in [0.25, 0.3) is 0 Å². The summed E-state index contributed by atoms with van der Waals surface area (Å²) in [6.45, 7) is 8.02. The molecule has 0 spiro atoms. The molecule has 3 unspecified atom stereocenters. The lowest BCUT2D eigenvalue weighted by Gasteiger charge is -2.40. The largest absolute Gasteiger partial charge is 0.491 e. The van der Waals surface area contributed by atoms with Crippen molar-refractivity contribution in [2.75, 3.05) is 13.2 Å². The molecule has 0 fully saturated rings. The summed E-state index contributed by atoms with van der Waals surface area (Å²) >= 11 is 0. The zero-order valence-electron chi connectivity index (χ0n) is 11.5. The standard InChI is InChI=1S/C15H23NO2/c1-4-11(3)16(5-2)13-10-18-14-9-7-6-8-12(14)15(13)17/h6-9,11,13,15,17H,4-5,10H2,1-3H3. The number of hydrogen-bond acceptors (Lipinski definition) is 3. The number of para-hydroxylation sites is 1. The summed E-state index contributed by atoms with van der Waals surface area (Å²) in [6.07, 6.45) is 0.627. The summed E-state index contributed by atoms with van der Waals surface area (Å²) in [4.78, 5) is 2.33. The van der Waals surface area contributed by atoms with E-state index in [4.69, 9.17) is 4.74 Å². The van der Waals surface area contributed by atoms with E-state index in [9.17, 15) is 5.11 Å². The van der Waals surface area contributed by atoms with Crippen LogP contribution in [0.15, 0.2) is 24.3 Å². The van der Waals surface area contributed by atoms with Gasteiger partial charge in [0.1, 0.15) is 18.5 Å². The van der Waals surface area contributed by atoms with Crippen LogP contribution in [0.3, 0.4) is 0 Å². The lowest BCUT2D eigenvalue weighted by Crippen LogP contribution is -2.49. The van der Waals surface area contributed by atoms with Crippen LogP contribution >= 0.6 is 0 Å². The predicted molar refractivity (Wildman–Crippen MR) is 72.8 cm³/mol. The number of aliphatic hydroxyl groups excluding tert-OH is 1. The highest BCUT2D eigenvalue weighted by Crippen LogP contribution is 2.34. The summed E-state index contributed by atoms with van der Waals surface area (Å²) in [6, 6.07) is 8.29. The fraction of sp³-hybridized carbons (Fsp3) is 0.600. The van der Waals surface area contributed by atoms with Crippen LogP contribution in [0.4, 0.5) is 0 Å². The van der Waals surface area contributed by atoms with E-state index in [0.29, 0.717) is 12.6 Å². The fourth-order valence-corrected chi connectivity index (χ4v) is 2.71. The van der Waals surface area contributed by atoms with Crippen molar-refractivity contribution in [1.29, 1.82) is 0 Å². The van der Waals surface area contributed by atoms with Crippen molar-refractivity contribution >= 4 is 0 Å². The first-order valence-electron chi connectivity index (χ1n) is 6.84. The molecule has 0 aliphatic carbocycles. The molecular formula is C15H23NO2. The number of rotatable bonds is 4. The van der Waals surface area contributed by atoms with Crippen molar-refractivity contribution in [3.05, 3.63) is 29.8 Å². The van der Waals surface area contributed by atoms with Crippen LogP contribution in [-0.4, -0.2) is 35.2 Å². The molecule has 1 N–H and O–H groups in total. The first kappa shape index (κ1) is 13.4. The van der Waals surface area contributed by atoms with Crippen LogP contribution < -0.4 is 4.74 Å². The van der Waals surface area contributed by atoms with Gasteiger partial charge >= 0.3 is 0 Å². The van der Waals surface area contributed by atoms with Gasteiger partial charge in [0.2, 0.25) is 0 Å². The van der Waals surface area contributed by atoms with Gasteiger partial charge < -0.3 is 9.84 Å². The Morgan fingerprint density at radius 3 is 2.78 bits per heavy atom. The van der Waals surface area contributed by atoms with Crippen molar-refractivity contribution in [1.82, 2.24) is 4.90 Å². The average molecular weight is 249 g/mol. The van der Waals surface area contributed by atoms with Crippen LogP contribution in [0.2, 0.25) is 0 Å². The number of aliphatic hydroxyl groups is 1. The second-order valence-corrected chi connectivity index (χ2v) is 4.95. The molecule has 0 aromatic heterocycles. The van der Waals surface area contributed by atoms with Gasteiger partial charge in [-0.25, -0.2) is 0 Å². The third-order valence-electron chi connectivity index (χ3n) is 3.96. The van der Waals surface area contributed by atoms with E-state index in [-0.39, 0.29) is 6.04 Å². The van der Waals surface area contributed by atoms with Crippen LogP contribution in [-0.2, 0) is 0 Å². The molecular weight excluding hydrogens is 226 g/mol. The zero-order valence-corrected chi connectivity index (χ0v) is 11.5. The number of fused-ring (bicyclic) bond motifs is 1. The Morgan fingerprint density at radius 1 is 1.39 bits per heavy atom. The van der Waals surface area contributed by atoms with Gasteiger partial charge in [-0.2, -0.15) is 0 Å². The molecule has 3 atom stereocenters. The van der Waals surface area contributed by atoms with Crippen molar-refractivity contribution in [2.24, 2.45) is 0 Å². The molecule has 0 radical (unpaired) electrons. The second kappa shape index (κ2) is 5.72. The second-order valence-electron chi connectivity index (χ2n) is 4.95. The minimum Gasteiger partial charge on any atom is -0.491 e. The van der Waals surface area contributed by atoms with E-state index in [1.165, 1.54) is 0 Å². The van der Waals surface area contributed by atoms with E-state index in [0.717, 1.165) is 24.3 Å². The van der Waals surface area contributed by atoms with E-state index in [2.05, 4.69) is 25.7 Å². The summed E-state index contributed by atoms with van der Waals surface area (Å²) in [5.41, 5.74) is 0.913. The SMILES string of the molecule is CCC(C)N(CC)C1COc2ccccc2C1O. The smallest absolute Gasteiger partial charge is 0.125 e. The molecule has 1 heterocycles. The Hall–Kier alpha value is -1.06. The molecule has 3 heteroatoms. The first-order chi connectivity index (χ1) is 8.69. The predicted octanol–water partition coefficient (Wildman–Crippen LogP) is 2.60. The quantitative estimate of drug-likeness (QED) is 0.890. The zero-order chi connectivity index (χ0) is 13.1. The average Bonchev–Trinajstić information content (AvgIpc) is 2.42. The lowest BCUT2D eigenvalue weighted by atomic mass is 9.96. The van der Waals surface area contributed by atoms with Crippen LogP contribution in [0.1, 0.15) is 38.9 Å². The molecule has 1 aromatic carbocycles. The van der Waals surface area contributed by atoms with Crippen molar-refractivity contribution in [2.45, 2.75) is 45.4 Å². The van der Waals surface area contributed by atoms with Gasteiger partial charge in [-0.3, -0.25) is 4.90 Å². The minimum absolute atomic E-state index is 0.0554. The molecule has 0 saturated carbocycles. The van der Waals surface area contributed by atoms with E-state index in [1.54, 1.807) is 0 Å². The summed E-state index contributed by atoms with van der Waals surface area (Å²) < 4.78 is 5.78. The number of benzene rings is 1. The maximum atomic E-state index is 10.5. The first-order valence-corrected chi connectivity index (χ1v) is 6.84. The van der Waals surface area contributed by atoms with E-state index >= 15 is 0 Å². The molecule has 0 saturated heterocycles. The molecule has 2 rings (SSSR count). The van der Waals surface area contributed by atoms with Crippen molar-refractivity contribution < 1.29 is 9.84 Å². The van der Waals surface area contributed by atoms with E-state index in [1.807, 2.05) is 24.3 Å². The molecule has 100 valence electrons. The summed E-state index contributed by atoms with van der Waals surface area (Å²) in [5, 5.41) is 10.5. The van der Waals surface area contributed by atoms with Gasteiger partial charge in [0.15, 0.2) is 0 Å². The summed E-state index contributed by atoms with van der Waals surface area (Å²) in [7, 11) is 0. The Kier molecular flexibility index (Phi) is 4.25. The maximum Gasteiger partial charge on any atom is 0.125 e. The van der Waals surface area contributed by atoms with Crippen LogP contribution in [0.5, 0.6) is 5.75 Å². The third-order valence-corrected chi connectivity index (χ3v) is 3.96. The fourth-order valence-electron chi connectivity index (χ4n) is 2.71. The van der Waals surface area contributed by atoms with Gasteiger partial charge in [0.05, 0.1) is 6.04 Å². The van der Waals surface area contributed by atoms with Gasteiger partial charge in [-0.15, -0.1) is 0 Å². The third kappa shape index (κ3) is 2.38. The van der Waals surface area contributed by atoms with Gasteiger partial charge in [0.25, 0.3) is 0 Å². The van der Waals surface area contributed by atoms with Crippen molar-refractivity contribution in [3.63, 3.8) is 0 Å². The molecule has 1 aliphatic rings. The topological polar surface area (TPSA) is 32.7 Å². The molecule has 1 aliphatic heterocycles. The lowest BCUT2D eigenvalue weighted by molar-refractivity contribution is -0.0117. The molecule has 3 nitrogen and oxygen atoms in total. The molecule has 0 amide bonds. The Morgan fingerprint density at radius 2 is 2.11 bits per heavy atom. The molecule has 1 aromatic rings. The highest BCUT2D eigenvalue weighted by atomic mass is 16.5. The van der Waals surface area contributed by atoms with Gasteiger partial charge in [0, 0.05) is 11.6 Å². The minimum atomic E-state index is -0.455. The number of nitrogens with zero attached hydrogens (tertiary/aromatic N) is 1. The highest BCUT2D eigenvalue weighted by molar-refractivity contribution is 5.37. The summed E-state index contributed by atoms with van der Waals surface area (Å²) in [5.74, 6) is 0.821. The van der Waals surface area contributed by atoms with E-state index < -0.39 is 6.10 Å². The Bertz CT molecular complexity index is 394. The van der Waals surface area contributed by atoms with Gasteiger partial charge in [-0.1, -0.05) is 32.0 Å². The van der Waals surface area contributed by atoms with Crippen LogP contribution in [0, 0.1) is 0 Å². The molecule has 18 heavy (non-hydrogen) atoms.